The van der Waals surface area contributed by atoms with Crippen LogP contribution in [0.2, 0.25) is 0 Å². The summed E-state index contributed by atoms with van der Waals surface area (Å²) in [5, 5.41) is 3.02. The molecular weight excluding hydrogens is 245 g/mol. The van der Waals surface area contributed by atoms with Gasteiger partial charge in [-0.2, -0.15) is 13.2 Å². The predicted octanol–water partition coefficient (Wildman–Crippen LogP) is 1.71. The molecule has 0 aliphatic carbocycles. The van der Waals surface area contributed by atoms with E-state index in [1.807, 2.05) is 0 Å². The van der Waals surface area contributed by atoms with Crippen molar-refractivity contribution in [2.75, 3.05) is 26.2 Å². The van der Waals surface area contributed by atoms with Crippen LogP contribution in [-0.4, -0.2) is 43.2 Å². The molecule has 1 atom stereocenters. The van der Waals surface area contributed by atoms with E-state index in [0.29, 0.717) is 31.6 Å². The second-order valence-electron chi connectivity index (χ2n) is 4.96. The zero-order valence-corrected chi connectivity index (χ0v) is 10.3. The highest BCUT2D eigenvalue weighted by Crippen LogP contribution is 2.33. The van der Waals surface area contributed by atoms with Crippen molar-refractivity contribution in [3.63, 3.8) is 0 Å². The first kappa shape index (κ1) is 13.4. The third kappa shape index (κ3) is 2.68. The standard InChI is InChI=1S/C12H17F3N2O/c1-8(9-5-16-6-9)11(18)17-4-2-3-10(7-17)12(13,14)15/h10,16H,2-7H2,1H3. The van der Waals surface area contributed by atoms with Crippen molar-refractivity contribution < 1.29 is 18.0 Å². The largest absolute Gasteiger partial charge is 0.393 e. The summed E-state index contributed by atoms with van der Waals surface area (Å²) in [7, 11) is 0. The lowest BCUT2D eigenvalue weighted by atomic mass is 9.96. The average Bonchev–Trinajstić information content (AvgIpc) is 2.24. The third-order valence-electron chi connectivity index (χ3n) is 3.70. The minimum Gasteiger partial charge on any atom is -0.338 e. The molecule has 2 aliphatic rings. The minimum absolute atomic E-state index is 0.129. The van der Waals surface area contributed by atoms with Crippen molar-refractivity contribution in [1.82, 2.24) is 10.2 Å². The smallest absolute Gasteiger partial charge is 0.338 e. The van der Waals surface area contributed by atoms with Crippen molar-refractivity contribution in [3.05, 3.63) is 11.1 Å². The SMILES string of the molecule is CC(C(=O)N1CCCC(C(F)(F)F)C1)=C1CNC1. The number of likely N-dealkylation sites (tertiary alicyclic amines) is 1. The van der Waals surface area contributed by atoms with Gasteiger partial charge in [0.2, 0.25) is 5.91 Å². The van der Waals surface area contributed by atoms with Gasteiger partial charge in [-0.05, 0) is 25.3 Å². The number of rotatable bonds is 1. The lowest BCUT2D eigenvalue weighted by Gasteiger charge is -2.35. The van der Waals surface area contributed by atoms with Gasteiger partial charge in [0, 0.05) is 31.8 Å². The first-order chi connectivity index (χ1) is 8.39. The van der Waals surface area contributed by atoms with Gasteiger partial charge in [-0.3, -0.25) is 4.79 Å². The van der Waals surface area contributed by atoms with E-state index in [0.717, 1.165) is 5.57 Å². The number of carbonyl (C=O) groups excluding carboxylic acids is 1. The molecule has 0 saturated carbocycles. The summed E-state index contributed by atoms with van der Waals surface area (Å²) in [6, 6.07) is 0. The topological polar surface area (TPSA) is 32.3 Å². The molecule has 0 bridgehead atoms. The fourth-order valence-corrected chi connectivity index (χ4v) is 2.33. The van der Waals surface area contributed by atoms with E-state index in [1.165, 1.54) is 4.90 Å². The monoisotopic (exact) mass is 262 g/mol. The van der Waals surface area contributed by atoms with E-state index in [-0.39, 0.29) is 18.9 Å². The van der Waals surface area contributed by atoms with E-state index in [4.69, 9.17) is 0 Å². The maximum absolute atomic E-state index is 12.7. The zero-order valence-electron chi connectivity index (χ0n) is 10.3. The van der Waals surface area contributed by atoms with Crippen LogP contribution in [0.5, 0.6) is 0 Å². The van der Waals surface area contributed by atoms with E-state index in [2.05, 4.69) is 5.32 Å². The molecule has 102 valence electrons. The van der Waals surface area contributed by atoms with Gasteiger partial charge >= 0.3 is 6.18 Å². The van der Waals surface area contributed by atoms with Gasteiger partial charge in [-0.15, -0.1) is 0 Å². The number of hydrogen-bond acceptors (Lipinski definition) is 2. The first-order valence-corrected chi connectivity index (χ1v) is 6.15. The summed E-state index contributed by atoms with van der Waals surface area (Å²) in [6.07, 6.45) is -3.64. The Labute approximate surface area is 104 Å². The van der Waals surface area contributed by atoms with Crippen molar-refractivity contribution in [3.8, 4) is 0 Å². The summed E-state index contributed by atoms with van der Waals surface area (Å²) in [4.78, 5) is 13.4. The molecular formula is C12H17F3N2O. The number of nitrogens with one attached hydrogen (secondary N) is 1. The van der Waals surface area contributed by atoms with Crippen LogP contribution in [0.15, 0.2) is 11.1 Å². The Kier molecular flexibility index (Phi) is 3.66. The Hall–Kier alpha value is -1.04. The highest BCUT2D eigenvalue weighted by Gasteiger charge is 2.42. The molecule has 2 saturated heterocycles. The zero-order chi connectivity index (χ0) is 13.3. The number of amides is 1. The van der Waals surface area contributed by atoms with Gasteiger partial charge in [0.05, 0.1) is 5.92 Å². The molecule has 1 N–H and O–H groups in total. The maximum atomic E-state index is 12.7. The average molecular weight is 262 g/mol. The molecule has 2 heterocycles. The summed E-state index contributed by atoms with van der Waals surface area (Å²) < 4.78 is 38.0. The second kappa shape index (κ2) is 4.91. The van der Waals surface area contributed by atoms with E-state index < -0.39 is 12.1 Å². The normalized spacial score (nSPS) is 24.8. The Bertz CT molecular complexity index is 370. The van der Waals surface area contributed by atoms with Crippen molar-refractivity contribution >= 4 is 5.91 Å². The van der Waals surface area contributed by atoms with E-state index in [1.54, 1.807) is 6.92 Å². The van der Waals surface area contributed by atoms with Crippen LogP contribution in [0.4, 0.5) is 13.2 Å². The number of hydrogen-bond donors (Lipinski definition) is 1. The predicted molar refractivity (Wildman–Crippen MR) is 60.9 cm³/mol. The van der Waals surface area contributed by atoms with Gasteiger partial charge in [0.1, 0.15) is 0 Å². The van der Waals surface area contributed by atoms with Crippen LogP contribution in [0.3, 0.4) is 0 Å². The van der Waals surface area contributed by atoms with Crippen molar-refractivity contribution in [1.29, 1.82) is 0 Å². The minimum atomic E-state index is -4.20. The van der Waals surface area contributed by atoms with Crippen LogP contribution in [0.1, 0.15) is 19.8 Å². The molecule has 2 aliphatic heterocycles. The Balaban J connectivity index is 2.03. The van der Waals surface area contributed by atoms with Crippen molar-refractivity contribution in [2.45, 2.75) is 25.9 Å². The molecule has 1 unspecified atom stereocenters. The molecule has 0 aromatic rings. The Morgan fingerprint density at radius 1 is 1.39 bits per heavy atom. The number of nitrogens with zero attached hydrogens (tertiary/aromatic N) is 1. The fraction of sp³-hybridized carbons (Fsp3) is 0.750. The van der Waals surface area contributed by atoms with Crippen LogP contribution < -0.4 is 5.32 Å². The lowest BCUT2D eigenvalue weighted by Crippen LogP contribution is -2.46. The fourth-order valence-electron chi connectivity index (χ4n) is 2.33. The quantitative estimate of drug-likeness (QED) is 0.730. The van der Waals surface area contributed by atoms with Gasteiger partial charge in [-0.25, -0.2) is 0 Å². The van der Waals surface area contributed by atoms with Gasteiger partial charge in [0.25, 0.3) is 0 Å². The molecule has 2 rings (SSSR count). The van der Waals surface area contributed by atoms with Crippen LogP contribution in [0, 0.1) is 5.92 Å². The van der Waals surface area contributed by atoms with Crippen LogP contribution >= 0.6 is 0 Å². The van der Waals surface area contributed by atoms with Crippen LogP contribution in [-0.2, 0) is 4.79 Å². The summed E-state index contributed by atoms with van der Waals surface area (Å²) >= 11 is 0. The molecule has 0 radical (unpaired) electrons. The van der Waals surface area contributed by atoms with Gasteiger partial charge in [0.15, 0.2) is 0 Å². The summed E-state index contributed by atoms with van der Waals surface area (Å²) in [5.74, 6) is -1.60. The van der Waals surface area contributed by atoms with Gasteiger partial charge in [-0.1, -0.05) is 0 Å². The molecule has 3 nitrogen and oxygen atoms in total. The third-order valence-corrected chi connectivity index (χ3v) is 3.70. The Morgan fingerprint density at radius 2 is 2.06 bits per heavy atom. The second-order valence-corrected chi connectivity index (χ2v) is 4.96. The number of carbonyl (C=O) groups is 1. The summed E-state index contributed by atoms with van der Waals surface area (Å²) in [6.45, 7) is 3.29. The number of alkyl halides is 3. The first-order valence-electron chi connectivity index (χ1n) is 6.15. The highest BCUT2D eigenvalue weighted by atomic mass is 19.4. The van der Waals surface area contributed by atoms with Crippen LogP contribution in [0.25, 0.3) is 0 Å². The Morgan fingerprint density at radius 3 is 2.56 bits per heavy atom. The molecule has 6 heteroatoms. The van der Waals surface area contributed by atoms with Gasteiger partial charge < -0.3 is 10.2 Å². The van der Waals surface area contributed by atoms with Crippen molar-refractivity contribution in [2.24, 2.45) is 5.92 Å². The molecule has 0 spiro atoms. The molecule has 18 heavy (non-hydrogen) atoms. The maximum Gasteiger partial charge on any atom is 0.393 e. The molecule has 2 fully saturated rings. The molecule has 0 aromatic carbocycles. The number of piperidine rings is 1. The molecule has 1 amide bonds. The number of halogens is 3. The lowest BCUT2D eigenvalue weighted by molar-refractivity contribution is -0.187. The van der Waals surface area contributed by atoms with E-state index in [9.17, 15) is 18.0 Å². The molecule has 0 aromatic heterocycles. The highest BCUT2D eigenvalue weighted by molar-refractivity contribution is 5.94. The van der Waals surface area contributed by atoms with E-state index >= 15 is 0 Å². The summed E-state index contributed by atoms with van der Waals surface area (Å²) in [5.41, 5.74) is 1.62.